The van der Waals surface area contributed by atoms with Gasteiger partial charge in [0.1, 0.15) is 29.5 Å². The second-order valence-electron chi connectivity index (χ2n) is 4.71. The van der Waals surface area contributed by atoms with Crippen LogP contribution in [0, 0.1) is 5.82 Å². The van der Waals surface area contributed by atoms with Crippen LogP contribution >= 0.6 is 0 Å². The highest BCUT2D eigenvalue weighted by atomic mass is 19.1. The Bertz CT molecular complexity index is 729. The third kappa shape index (κ3) is 3.41. The van der Waals surface area contributed by atoms with Gasteiger partial charge < -0.3 is 14.1 Å². The second-order valence-corrected chi connectivity index (χ2v) is 4.71. The maximum absolute atomic E-state index is 12.9. The number of furan rings is 1. The quantitative estimate of drug-likeness (QED) is 0.720. The van der Waals surface area contributed by atoms with Gasteiger partial charge in [0.05, 0.1) is 12.8 Å². The maximum Gasteiger partial charge on any atom is 0.224 e. The molecule has 6 heteroatoms. The standard InChI is InChI=1S/C16H14FN3O2/c1-20(10-14-3-2-8-21-14)15-9-16(19-11-18-15)22-13-6-4-12(17)5-7-13/h2-9,11H,10H2,1H3. The first-order valence-corrected chi connectivity index (χ1v) is 6.70. The van der Waals surface area contributed by atoms with Crippen LogP contribution in [0.25, 0.3) is 0 Å². The zero-order valence-corrected chi connectivity index (χ0v) is 11.9. The molecule has 0 aliphatic heterocycles. The van der Waals surface area contributed by atoms with Crippen LogP contribution in [0.15, 0.2) is 59.5 Å². The van der Waals surface area contributed by atoms with Gasteiger partial charge in [-0.2, -0.15) is 0 Å². The molecule has 0 unspecified atom stereocenters. The molecule has 0 bridgehead atoms. The predicted octanol–water partition coefficient (Wildman–Crippen LogP) is 3.64. The molecule has 0 spiro atoms. The van der Waals surface area contributed by atoms with Crippen molar-refractivity contribution in [3.8, 4) is 11.6 Å². The van der Waals surface area contributed by atoms with Crippen LogP contribution in [-0.4, -0.2) is 17.0 Å². The maximum atomic E-state index is 12.9. The molecule has 112 valence electrons. The lowest BCUT2D eigenvalue weighted by molar-refractivity contribution is 0.459. The molecule has 2 aromatic heterocycles. The number of ether oxygens (including phenoxy) is 1. The molecule has 5 nitrogen and oxygen atoms in total. The molecule has 0 atom stereocenters. The van der Waals surface area contributed by atoms with Gasteiger partial charge in [-0.3, -0.25) is 0 Å². The summed E-state index contributed by atoms with van der Waals surface area (Å²) in [6, 6.07) is 11.2. The predicted molar refractivity (Wildman–Crippen MR) is 79.3 cm³/mol. The molecular weight excluding hydrogens is 285 g/mol. The third-order valence-electron chi connectivity index (χ3n) is 3.03. The highest BCUT2D eigenvalue weighted by Gasteiger charge is 2.08. The Hall–Kier alpha value is -2.89. The zero-order valence-electron chi connectivity index (χ0n) is 11.9. The van der Waals surface area contributed by atoms with E-state index in [9.17, 15) is 4.39 Å². The molecule has 0 fully saturated rings. The van der Waals surface area contributed by atoms with Crippen molar-refractivity contribution >= 4 is 5.82 Å². The first-order chi connectivity index (χ1) is 10.7. The number of aromatic nitrogens is 2. The van der Waals surface area contributed by atoms with Crippen molar-refractivity contribution < 1.29 is 13.5 Å². The molecule has 0 amide bonds. The van der Waals surface area contributed by atoms with Crippen LogP contribution in [-0.2, 0) is 6.54 Å². The number of nitrogens with zero attached hydrogens (tertiary/aromatic N) is 3. The normalized spacial score (nSPS) is 10.5. The Kier molecular flexibility index (Phi) is 4.00. The first kappa shape index (κ1) is 14.1. The lowest BCUT2D eigenvalue weighted by Gasteiger charge is -2.16. The molecule has 0 saturated heterocycles. The summed E-state index contributed by atoms with van der Waals surface area (Å²) < 4.78 is 23.8. The number of hydrogen-bond donors (Lipinski definition) is 0. The van der Waals surface area contributed by atoms with E-state index in [0.29, 0.717) is 24.0 Å². The summed E-state index contributed by atoms with van der Waals surface area (Å²) >= 11 is 0. The summed E-state index contributed by atoms with van der Waals surface area (Å²) in [6.07, 6.45) is 3.05. The van der Waals surface area contributed by atoms with Gasteiger partial charge in [-0.15, -0.1) is 0 Å². The molecule has 2 heterocycles. The van der Waals surface area contributed by atoms with Gasteiger partial charge in [-0.25, -0.2) is 14.4 Å². The lowest BCUT2D eigenvalue weighted by atomic mass is 10.3. The van der Waals surface area contributed by atoms with Crippen LogP contribution < -0.4 is 9.64 Å². The van der Waals surface area contributed by atoms with Crippen molar-refractivity contribution in [2.45, 2.75) is 6.54 Å². The minimum absolute atomic E-state index is 0.311. The van der Waals surface area contributed by atoms with Crippen molar-refractivity contribution in [1.82, 2.24) is 9.97 Å². The summed E-state index contributed by atoms with van der Waals surface area (Å²) in [6.45, 7) is 0.583. The van der Waals surface area contributed by atoms with Gasteiger partial charge in [-0.1, -0.05) is 0 Å². The Labute approximate surface area is 127 Å². The van der Waals surface area contributed by atoms with E-state index in [1.54, 1.807) is 24.5 Å². The Morgan fingerprint density at radius 2 is 2.00 bits per heavy atom. The molecule has 0 aliphatic rings. The largest absolute Gasteiger partial charge is 0.467 e. The van der Waals surface area contributed by atoms with Gasteiger partial charge in [0.25, 0.3) is 0 Å². The van der Waals surface area contributed by atoms with Crippen LogP contribution in [0.4, 0.5) is 10.2 Å². The highest BCUT2D eigenvalue weighted by Crippen LogP contribution is 2.22. The van der Waals surface area contributed by atoms with Gasteiger partial charge in [0.2, 0.25) is 5.88 Å². The molecular formula is C16H14FN3O2. The van der Waals surface area contributed by atoms with Crippen molar-refractivity contribution in [2.24, 2.45) is 0 Å². The van der Waals surface area contributed by atoms with Crippen molar-refractivity contribution in [1.29, 1.82) is 0 Å². The van der Waals surface area contributed by atoms with Crippen LogP contribution in [0.1, 0.15) is 5.76 Å². The Balaban J connectivity index is 1.73. The van der Waals surface area contributed by atoms with E-state index >= 15 is 0 Å². The fourth-order valence-corrected chi connectivity index (χ4v) is 1.94. The molecule has 0 aliphatic carbocycles. The van der Waals surface area contributed by atoms with E-state index in [1.165, 1.54) is 18.5 Å². The van der Waals surface area contributed by atoms with Crippen LogP contribution in [0.5, 0.6) is 11.6 Å². The molecule has 0 saturated carbocycles. The minimum atomic E-state index is -0.311. The van der Waals surface area contributed by atoms with E-state index in [-0.39, 0.29) is 5.82 Å². The molecule has 3 aromatic rings. The lowest BCUT2D eigenvalue weighted by Crippen LogP contribution is -2.17. The Morgan fingerprint density at radius 1 is 1.18 bits per heavy atom. The van der Waals surface area contributed by atoms with E-state index < -0.39 is 0 Å². The number of rotatable bonds is 5. The summed E-state index contributed by atoms with van der Waals surface area (Å²) in [5, 5.41) is 0. The monoisotopic (exact) mass is 299 g/mol. The zero-order chi connectivity index (χ0) is 15.4. The first-order valence-electron chi connectivity index (χ1n) is 6.70. The molecule has 1 aromatic carbocycles. The topological polar surface area (TPSA) is 51.4 Å². The summed E-state index contributed by atoms with van der Waals surface area (Å²) in [7, 11) is 1.90. The van der Waals surface area contributed by atoms with Crippen LogP contribution in [0.2, 0.25) is 0 Å². The summed E-state index contributed by atoms with van der Waals surface area (Å²) in [5.74, 6) is 2.13. The average molecular weight is 299 g/mol. The second kappa shape index (κ2) is 6.26. The van der Waals surface area contributed by atoms with Crippen LogP contribution in [0.3, 0.4) is 0 Å². The average Bonchev–Trinajstić information content (AvgIpc) is 3.03. The van der Waals surface area contributed by atoms with E-state index in [0.717, 1.165) is 5.76 Å². The SMILES string of the molecule is CN(Cc1ccco1)c1cc(Oc2ccc(F)cc2)ncn1. The molecule has 0 N–H and O–H groups in total. The number of hydrogen-bond acceptors (Lipinski definition) is 5. The summed E-state index contributed by atoms with van der Waals surface area (Å²) in [4.78, 5) is 10.2. The highest BCUT2D eigenvalue weighted by molar-refractivity contribution is 5.41. The molecule has 22 heavy (non-hydrogen) atoms. The van der Waals surface area contributed by atoms with Gasteiger partial charge in [0, 0.05) is 13.1 Å². The van der Waals surface area contributed by atoms with E-state index in [4.69, 9.17) is 9.15 Å². The van der Waals surface area contributed by atoms with E-state index in [1.807, 2.05) is 24.1 Å². The molecule has 3 rings (SSSR count). The number of halogens is 1. The van der Waals surface area contributed by atoms with Crippen molar-refractivity contribution in [2.75, 3.05) is 11.9 Å². The summed E-state index contributed by atoms with van der Waals surface area (Å²) in [5.41, 5.74) is 0. The number of benzene rings is 1. The van der Waals surface area contributed by atoms with E-state index in [2.05, 4.69) is 9.97 Å². The van der Waals surface area contributed by atoms with Crippen molar-refractivity contribution in [3.05, 3.63) is 66.6 Å². The Morgan fingerprint density at radius 3 is 2.73 bits per heavy atom. The minimum Gasteiger partial charge on any atom is -0.467 e. The van der Waals surface area contributed by atoms with Gasteiger partial charge in [-0.05, 0) is 36.4 Å². The van der Waals surface area contributed by atoms with Crippen molar-refractivity contribution in [3.63, 3.8) is 0 Å². The van der Waals surface area contributed by atoms with Gasteiger partial charge >= 0.3 is 0 Å². The fourth-order valence-electron chi connectivity index (χ4n) is 1.94. The fraction of sp³-hybridized carbons (Fsp3) is 0.125. The number of anilines is 1. The third-order valence-corrected chi connectivity index (χ3v) is 3.03. The van der Waals surface area contributed by atoms with Gasteiger partial charge in [0.15, 0.2) is 0 Å². The molecule has 0 radical (unpaired) electrons. The smallest absolute Gasteiger partial charge is 0.224 e.